The van der Waals surface area contributed by atoms with Crippen molar-refractivity contribution in [1.82, 2.24) is 9.78 Å². The molecule has 22 heavy (non-hydrogen) atoms. The number of hydrogen-bond acceptors (Lipinski definition) is 4. The molecule has 1 aromatic heterocycles. The van der Waals surface area contributed by atoms with Crippen LogP contribution in [0.2, 0.25) is 0 Å². The lowest BCUT2D eigenvalue weighted by molar-refractivity contribution is 0.0965. The maximum Gasteiger partial charge on any atom is 0.285 e. The number of hydrogen-bond donors (Lipinski definition) is 0. The van der Waals surface area contributed by atoms with Crippen LogP contribution in [-0.4, -0.2) is 15.6 Å². The van der Waals surface area contributed by atoms with E-state index in [0.717, 1.165) is 22.9 Å². The van der Waals surface area contributed by atoms with Crippen LogP contribution >= 0.6 is 0 Å². The summed E-state index contributed by atoms with van der Waals surface area (Å²) in [5.41, 5.74) is 0.0229. The normalized spacial score (nSPS) is 10.3. The van der Waals surface area contributed by atoms with Crippen molar-refractivity contribution >= 4 is 5.78 Å². The minimum atomic E-state index is -1.15. The van der Waals surface area contributed by atoms with E-state index >= 15 is 0 Å². The van der Waals surface area contributed by atoms with E-state index in [-0.39, 0.29) is 11.1 Å². The van der Waals surface area contributed by atoms with Gasteiger partial charge in [0, 0.05) is 5.56 Å². The number of rotatable bonds is 3. The van der Waals surface area contributed by atoms with E-state index in [1.54, 1.807) is 19.9 Å². The zero-order chi connectivity index (χ0) is 16.4. The Labute approximate surface area is 124 Å². The van der Waals surface area contributed by atoms with Gasteiger partial charge < -0.3 is 0 Å². The van der Waals surface area contributed by atoms with Gasteiger partial charge in [0.05, 0.1) is 5.69 Å². The number of Topliss-reactive ketones (excluding diaryl/α,β-unsaturated/α-hetero) is 1. The number of nitriles is 1. The number of carbonyl (C=O) groups excluding carboxylic acids is 1. The Hall–Kier alpha value is -2.88. The van der Waals surface area contributed by atoms with Gasteiger partial charge in [0.2, 0.25) is 0 Å². The van der Waals surface area contributed by atoms with Crippen molar-refractivity contribution in [2.75, 3.05) is 0 Å². The van der Waals surface area contributed by atoms with Crippen LogP contribution in [0.5, 0.6) is 0 Å². The number of carbonyl (C=O) groups is 1. The van der Waals surface area contributed by atoms with Crippen molar-refractivity contribution in [3.63, 3.8) is 0 Å². The third-order valence-corrected chi connectivity index (χ3v) is 3.28. The van der Waals surface area contributed by atoms with E-state index < -0.39 is 29.5 Å². The molecule has 0 unspecified atom stereocenters. The molecular formula is C15H11F2N3O2. The van der Waals surface area contributed by atoms with Crippen LogP contribution in [0.25, 0.3) is 0 Å². The van der Waals surface area contributed by atoms with Gasteiger partial charge in [0.25, 0.3) is 5.56 Å². The molecule has 0 bridgehead atoms. The maximum atomic E-state index is 13.1. The zero-order valence-electron chi connectivity index (χ0n) is 11.9. The molecule has 1 heterocycles. The van der Waals surface area contributed by atoms with Crippen LogP contribution in [0.3, 0.4) is 0 Å². The van der Waals surface area contributed by atoms with E-state index in [2.05, 4.69) is 5.10 Å². The molecule has 0 radical (unpaired) electrons. The topological polar surface area (TPSA) is 75.8 Å². The monoisotopic (exact) mass is 303 g/mol. The molecule has 0 aliphatic carbocycles. The first kappa shape index (κ1) is 15.5. The van der Waals surface area contributed by atoms with Gasteiger partial charge in [-0.25, -0.2) is 13.5 Å². The maximum absolute atomic E-state index is 13.1. The molecule has 0 N–H and O–H groups in total. The summed E-state index contributed by atoms with van der Waals surface area (Å²) in [6, 6.07) is 4.50. The van der Waals surface area contributed by atoms with Gasteiger partial charge in [-0.05, 0) is 37.6 Å². The summed E-state index contributed by atoms with van der Waals surface area (Å²) in [6.45, 7) is 2.73. The largest absolute Gasteiger partial charge is 0.292 e. The zero-order valence-corrected chi connectivity index (χ0v) is 11.9. The molecule has 0 atom stereocenters. The van der Waals surface area contributed by atoms with Crippen LogP contribution in [0.1, 0.15) is 27.2 Å². The Balaban J connectivity index is 2.41. The lowest BCUT2D eigenvalue weighted by Crippen LogP contribution is -2.30. The smallest absolute Gasteiger partial charge is 0.285 e. The Morgan fingerprint density at radius 2 is 2.00 bits per heavy atom. The quantitative estimate of drug-likeness (QED) is 0.811. The van der Waals surface area contributed by atoms with Crippen molar-refractivity contribution < 1.29 is 13.6 Å². The summed E-state index contributed by atoms with van der Waals surface area (Å²) < 4.78 is 26.8. The number of aromatic nitrogens is 2. The second-order valence-corrected chi connectivity index (χ2v) is 4.71. The first-order valence-electron chi connectivity index (χ1n) is 6.31. The molecule has 1 aromatic carbocycles. The summed E-state index contributed by atoms with van der Waals surface area (Å²) >= 11 is 0. The van der Waals surface area contributed by atoms with Crippen molar-refractivity contribution in [1.29, 1.82) is 5.26 Å². The van der Waals surface area contributed by atoms with Crippen LogP contribution in [0.15, 0.2) is 23.0 Å². The second-order valence-electron chi connectivity index (χ2n) is 4.71. The van der Waals surface area contributed by atoms with Crippen LogP contribution in [-0.2, 0) is 6.54 Å². The van der Waals surface area contributed by atoms with Crippen LogP contribution in [0, 0.1) is 36.8 Å². The highest BCUT2D eigenvalue weighted by Gasteiger charge is 2.16. The standard InChI is InChI=1S/C15H11F2N3O2/c1-8-9(2)19-20(15(22)11(8)6-18)7-14(21)10-3-4-12(16)13(17)5-10/h3-5H,7H2,1-2H3. The predicted molar refractivity (Wildman–Crippen MR) is 73.4 cm³/mol. The molecule has 5 nitrogen and oxygen atoms in total. The third kappa shape index (κ3) is 2.76. The predicted octanol–water partition coefficient (Wildman–Crippen LogP) is 1.89. The minimum Gasteiger partial charge on any atom is -0.292 e. The molecular weight excluding hydrogens is 292 g/mol. The summed E-state index contributed by atoms with van der Waals surface area (Å²) in [5, 5.41) is 12.9. The fourth-order valence-electron chi connectivity index (χ4n) is 1.91. The Morgan fingerprint density at radius 3 is 2.59 bits per heavy atom. The SMILES string of the molecule is Cc1nn(CC(=O)c2ccc(F)c(F)c2)c(=O)c(C#N)c1C. The molecule has 112 valence electrons. The average molecular weight is 303 g/mol. The number of aryl methyl sites for hydroxylation is 1. The van der Waals surface area contributed by atoms with Gasteiger partial charge >= 0.3 is 0 Å². The van der Waals surface area contributed by atoms with Crippen molar-refractivity contribution in [2.24, 2.45) is 0 Å². The van der Waals surface area contributed by atoms with Gasteiger partial charge in [-0.15, -0.1) is 0 Å². The fraction of sp³-hybridized carbons (Fsp3) is 0.200. The summed E-state index contributed by atoms with van der Waals surface area (Å²) in [7, 11) is 0. The summed E-state index contributed by atoms with van der Waals surface area (Å²) in [5.74, 6) is -2.82. The number of nitrogens with zero attached hydrogens (tertiary/aromatic N) is 3. The van der Waals surface area contributed by atoms with Crippen molar-refractivity contribution in [3.8, 4) is 6.07 Å². The molecule has 0 aliphatic rings. The lowest BCUT2D eigenvalue weighted by Gasteiger charge is -2.08. The molecule has 0 saturated heterocycles. The Morgan fingerprint density at radius 1 is 1.32 bits per heavy atom. The fourth-order valence-corrected chi connectivity index (χ4v) is 1.91. The van der Waals surface area contributed by atoms with Crippen LogP contribution in [0.4, 0.5) is 8.78 Å². The second kappa shape index (κ2) is 5.85. The van der Waals surface area contributed by atoms with Gasteiger partial charge in [0.1, 0.15) is 18.2 Å². The molecule has 0 saturated carbocycles. The first-order chi connectivity index (χ1) is 10.3. The van der Waals surface area contributed by atoms with Gasteiger partial charge in [0.15, 0.2) is 17.4 Å². The number of ketones is 1. The lowest BCUT2D eigenvalue weighted by atomic mass is 10.1. The van der Waals surface area contributed by atoms with Crippen molar-refractivity contribution in [2.45, 2.75) is 20.4 Å². The third-order valence-electron chi connectivity index (χ3n) is 3.28. The molecule has 0 fully saturated rings. The highest BCUT2D eigenvalue weighted by molar-refractivity contribution is 5.95. The van der Waals surface area contributed by atoms with E-state index in [4.69, 9.17) is 5.26 Å². The van der Waals surface area contributed by atoms with Gasteiger partial charge in [-0.2, -0.15) is 10.4 Å². The average Bonchev–Trinajstić information content (AvgIpc) is 2.48. The molecule has 0 spiro atoms. The molecule has 7 heteroatoms. The number of benzene rings is 1. The van der Waals surface area contributed by atoms with E-state index in [1.165, 1.54) is 0 Å². The molecule has 0 aliphatic heterocycles. The van der Waals surface area contributed by atoms with E-state index in [1.807, 2.05) is 0 Å². The van der Waals surface area contributed by atoms with E-state index in [9.17, 15) is 18.4 Å². The molecule has 2 rings (SSSR count). The summed E-state index contributed by atoms with van der Waals surface area (Å²) in [6.07, 6.45) is 0. The van der Waals surface area contributed by atoms with Gasteiger partial charge in [-0.1, -0.05) is 0 Å². The minimum absolute atomic E-state index is 0.0793. The Kier molecular flexibility index (Phi) is 4.13. The highest BCUT2D eigenvalue weighted by Crippen LogP contribution is 2.10. The molecule has 2 aromatic rings. The summed E-state index contributed by atoms with van der Waals surface area (Å²) in [4.78, 5) is 24.1. The van der Waals surface area contributed by atoms with E-state index in [0.29, 0.717) is 11.3 Å². The van der Waals surface area contributed by atoms with Crippen molar-refractivity contribution in [3.05, 3.63) is 62.6 Å². The number of halogens is 2. The highest BCUT2D eigenvalue weighted by atomic mass is 19.2. The molecule has 0 amide bonds. The Bertz CT molecular complexity index is 866. The van der Waals surface area contributed by atoms with Gasteiger partial charge in [-0.3, -0.25) is 9.59 Å². The van der Waals surface area contributed by atoms with Crippen LogP contribution < -0.4 is 5.56 Å². The first-order valence-corrected chi connectivity index (χ1v) is 6.31.